The molecule has 30 heavy (non-hydrogen) atoms. The van der Waals surface area contributed by atoms with E-state index < -0.39 is 10.0 Å². The summed E-state index contributed by atoms with van der Waals surface area (Å²) in [6, 6.07) is 19.9. The number of hydrogen-bond donors (Lipinski definition) is 0. The van der Waals surface area contributed by atoms with E-state index in [1.54, 1.807) is 47.8 Å². The quantitative estimate of drug-likeness (QED) is 0.579. The molecule has 2 heterocycles. The fourth-order valence-electron chi connectivity index (χ4n) is 3.89. The van der Waals surface area contributed by atoms with Crippen LogP contribution in [-0.4, -0.2) is 39.8 Å². The lowest BCUT2D eigenvalue weighted by molar-refractivity contribution is 0.370. The highest BCUT2D eigenvalue weighted by atomic mass is 32.2. The molecular weight excluding hydrogens is 398 g/mol. The maximum atomic E-state index is 13.5. The Kier molecular flexibility index (Phi) is 5.99. The fraction of sp³-hybridized carbons (Fsp3) is 0.304. The number of nitrogens with zero attached hydrogens (tertiary/aromatic N) is 3. The number of aromatic nitrogens is 1. The second kappa shape index (κ2) is 8.83. The largest absolute Gasteiger partial charge is 0.497 e. The van der Waals surface area contributed by atoms with Crippen LogP contribution in [0.4, 0.5) is 5.69 Å². The van der Waals surface area contributed by atoms with Gasteiger partial charge in [0.1, 0.15) is 5.75 Å². The van der Waals surface area contributed by atoms with Crippen molar-refractivity contribution in [3.05, 3.63) is 79.1 Å². The summed E-state index contributed by atoms with van der Waals surface area (Å²) in [6.45, 7) is 2.27. The molecule has 1 saturated heterocycles. The van der Waals surface area contributed by atoms with E-state index in [1.807, 2.05) is 42.7 Å². The smallest absolute Gasteiger partial charge is 0.264 e. The van der Waals surface area contributed by atoms with Crippen molar-refractivity contribution in [2.45, 2.75) is 17.7 Å². The maximum absolute atomic E-state index is 13.5. The molecule has 3 aromatic rings. The van der Waals surface area contributed by atoms with Crippen molar-refractivity contribution < 1.29 is 13.2 Å². The van der Waals surface area contributed by atoms with Crippen molar-refractivity contribution >= 4 is 15.7 Å². The van der Waals surface area contributed by atoms with E-state index in [9.17, 15) is 8.42 Å². The molecule has 6 nitrogen and oxygen atoms in total. The molecule has 7 heteroatoms. The first-order chi connectivity index (χ1) is 14.6. The van der Waals surface area contributed by atoms with E-state index in [4.69, 9.17) is 4.74 Å². The van der Waals surface area contributed by atoms with Crippen molar-refractivity contribution in [1.29, 1.82) is 0 Å². The monoisotopic (exact) mass is 425 g/mol. The number of hydrogen-bond acceptors (Lipinski definition) is 4. The second-order valence-corrected chi connectivity index (χ2v) is 9.37. The zero-order chi connectivity index (χ0) is 21.0. The van der Waals surface area contributed by atoms with Crippen LogP contribution in [0.1, 0.15) is 12.8 Å². The first-order valence-electron chi connectivity index (χ1n) is 10.2. The van der Waals surface area contributed by atoms with Crippen LogP contribution < -0.4 is 14.1 Å². The van der Waals surface area contributed by atoms with Crippen LogP contribution in [0.3, 0.4) is 0 Å². The molecule has 0 atom stereocenters. The van der Waals surface area contributed by atoms with Gasteiger partial charge in [-0.25, -0.2) is 8.42 Å². The van der Waals surface area contributed by atoms with Crippen LogP contribution in [-0.2, 0) is 10.0 Å². The highest BCUT2D eigenvalue weighted by Gasteiger charge is 2.29. The van der Waals surface area contributed by atoms with Gasteiger partial charge in [0.25, 0.3) is 10.0 Å². The third kappa shape index (κ3) is 4.31. The van der Waals surface area contributed by atoms with E-state index in [2.05, 4.69) is 9.69 Å². The highest BCUT2D eigenvalue weighted by Crippen LogP contribution is 2.29. The van der Waals surface area contributed by atoms with Gasteiger partial charge < -0.3 is 9.75 Å². The van der Waals surface area contributed by atoms with Gasteiger partial charge in [0.15, 0.2) is 0 Å². The summed E-state index contributed by atoms with van der Waals surface area (Å²) < 4.78 is 35.9. The lowest BCUT2D eigenvalue weighted by Crippen LogP contribution is -2.44. The molecule has 1 aliphatic rings. The number of anilines is 1. The maximum Gasteiger partial charge on any atom is 0.264 e. The van der Waals surface area contributed by atoms with E-state index in [-0.39, 0.29) is 5.92 Å². The van der Waals surface area contributed by atoms with Crippen molar-refractivity contribution in [1.82, 2.24) is 4.68 Å². The third-order valence-corrected chi connectivity index (χ3v) is 7.43. The first kappa shape index (κ1) is 20.3. The molecule has 1 aromatic heterocycles. The molecule has 0 bridgehead atoms. The Balaban J connectivity index is 1.56. The van der Waals surface area contributed by atoms with Gasteiger partial charge in [-0.3, -0.25) is 8.98 Å². The Morgan fingerprint density at radius 2 is 1.57 bits per heavy atom. The lowest BCUT2D eigenvalue weighted by atomic mass is 9.97. The van der Waals surface area contributed by atoms with Crippen LogP contribution >= 0.6 is 0 Å². The van der Waals surface area contributed by atoms with E-state index in [0.717, 1.165) is 25.9 Å². The van der Waals surface area contributed by atoms with Crippen LogP contribution in [0.15, 0.2) is 84.0 Å². The second-order valence-electron chi connectivity index (χ2n) is 7.51. The minimum atomic E-state index is -3.66. The molecule has 2 aromatic carbocycles. The third-order valence-electron chi connectivity index (χ3n) is 5.62. The predicted octanol–water partition coefficient (Wildman–Crippen LogP) is 3.74. The molecule has 0 amide bonds. The van der Waals surface area contributed by atoms with Gasteiger partial charge in [-0.05, 0) is 67.3 Å². The zero-order valence-corrected chi connectivity index (χ0v) is 17.9. The fourth-order valence-corrected chi connectivity index (χ4v) is 5.45. The summed E-state index contributed by atoms with van der Waals surface area (Å²) in [5.41, 5.74) is 0.660. The topological polar surface area (TPSA) is 54.8 Å². The Hall–Kier alpha value is -2.93. The molecule has 1 fully saturated rings. The molecule has 158 valence electrons. The highest BCUT2D eigenvalue weighted by molar-refractivity contribution is 7.92. The molecule has 1 aliphatic heterocycles. The molecule has 4 rings (SSSR count). The predicted molar refractivity (Wildman–Crippen MR) is 119 cm³/mol. The molecule has 0 N–H and O–H groups in total. The standard InChI is InChI=1S/C23H27N3O3S/c1-29-22-11-9-21(10-12-22)26(30(27,28)23-7-3-2-4-8-23)19-20-13-17-25(18-14-20)24-15-5-6-16-24/h2-12,15-16,20H,13-14,17-19H2,1H3. The van der Waals surface area contributed by atoms with Gasteiger partial charge in [0, 0.05) is 32.0 Å². The molecule has 0 aliphatic carbocycles. The summed E-state index contributed by atoms with van der Waals surface area (Å²) in [6.07, 6.45) is 5.97. The summed E-state index contributed by atoms with van der Waals surface area (Å²) in [4.78, 5) is 0.311. The minimum absolute atomic E-state index is 0.289. The average Bonchev–Trinajstić information content (AvgIpc) is 3.33. The number of methoxy groups -OCH3 is 1. The number of ether oxygens (including phenoxy) is 1. The summed E-state index contributed by atoms with van der Waals surface area (Å²) in [7, 11) is -2.05. The number of sulfonamides is 1. The molecule has 0 unspecified atom stereocenters. The number of piperidine rings is 1. The Labute approximate surface area is 178 Å². The van der Waals surface area contributed by atoms with Gasteiger partial charge in [-0.15, -0.1) is 0 Å². The molecular formula is C23H27N3O3S. The Morgan fingerprint density at radius 3 is 2.17 bits per heavy atom. The van der Waals surface area contributed by atoms with Gasteiger partial charge in [0.05, 0.1) is 17.7 Å². The van der Waals surface area contributed by atoms with E-state index in [1.165, 1.54) is 0 Å². The van der Waals surface area contributed by atoms with Crippen molar-refractivity contribution in [3.63, 3.8) is 0 Å². The lowest BCUT2D eigenvalue weighted by Gasteiger charge is -2.36. The van der Waals surface area contributed by atoms with Gasteiger partial charge >= 0.3 is 0 Å². The van der Waals surface area contributed by atoms with Gasteiger partial charge in [-0.1, -0.05) is 18.2 Å². The normalized spacial score (nSPS) is 15.2. The number of benzene rings is 2. The van der Waals surface area contributed by atoms with Crippen molar-refractivity contribution in [2.24, 2.45) is 5.92 Å². The van der Waals surface area contributed by atoms with Crippen molar-refractivity contribution in [3.8, 4) is 5.75 Å². The summed E-state index contributed by atoms with van der Waals surface area (Å²) >= 11 is 0. The molecule has 0 saturated carbocycles. The minimum Gasteiger partial charge on any atom is -0.497 e. The van der Waals surface area contributed by atoms with Crippen LogP contribution in [0, 0.1) is 5.92 Å². The first-order valence-corrected chi connectivity index (χ1v) is 11.6. The van der Waals surface area contributed by atoms with E-state index in [0.29, 0.717) is 22.9 Å². The van der Waals surface area contributed by atoms with Crippen LogP contribution in [0.5, 0.6) is 5.75 Å². The number of rotatable bonds is 7. The van der Waals surface area contributed by atoms with Gasteiger partial charge in [-0.2, -0.15) is 0 Å². The van der Waals surface area contributed by atoms with Crippen LogP contribution in [0.2, 0.25) is 0 Å². The summed E-state index contributed by atoms with van der Waals surface area (Å²) in [5.74, 6) is 0.994. The zero-order valence-electron chi connectivity index (χ0n) is 17.1. The van der Waals surface area contributed by atoms with Crippen molar-refractivity contribution in [2.75, 3.05) is 36.1 Å². The Morgan fingerprint density at radius 1 is 0.933 bits per heavy atom. The SMILES string of the molecule is COc1ccc(N(CC2CCN(n3cccc3)CC2)S(=O)(=O)c2ccccc2)cc1. The Bertz CT molecular complexity index is 1030. The van der Waals surface area contributed by atoms with E-state index >= 15 is 0 Å². The average molecular weight is 426 g/mol. The molecule has 0 radical (unpaired) electrons. The summed E-state index contributed by atoms with van der Waals surface area (Å²) in [5, 5.41) is 2.29. The molecule has 0 spiro atoms. The van der Waals surface area contributed by atoms with Gasteiger partial charge in [0.2, 0.25) is 0 Å². The van der Waals surface area contributed by atoms with Crippen LogP contribution in [0.25, 0.3) is 0 Å².